The molecule has 0 saturated carbocycles. The number of thiazole rings is 1. The van der Waals surface area contributed by atoms with Crippen molar-refractivity contribution >= 4 is 28.8 Å². The number of hydrogen-bond donors (Lipinski definition) is 1. The minimum atomic E-state index is -0.180. The molecule has 2 rings (SSSR count). The maximum atomic E-state index is 11.7. The van der Waals surface area contributed by atoms with Crippen LogP contribution in [0.3, 0.4) is 0 Å². The van der Waals surface area contributed by atoms with Crippen LogP contribution in [0.15, 0.2) is 5.38 Å². The molecule has 6 heteroatoms. The van der Waals surface area contributed by atoms with Gasteiger partial charge in [-0.3, -0.25) is 4.79 Å². The van der Waals surface area contributed by atoms with Crippen LogP contribution in [0.5, 0.6) is 0 Å². The quantitative estimate of drug-likeness (QED) is 0.864. The second-order valence-corrected chi connectivity index (χ2v) is 4.87. The van der Waals surface area contributed by atoms with Gasteiger partial charge >= 0.3 is 0 Å². The number of hydrogen-bond acceptors (Lipinski definition) is 4. The van der Waals surface area contributed by atoms with Gasteiger partial charge in [0, 0.05) is 12.0 Å². The molecule has 1 aromatic rings. The Labute approximate surface area is 96.6 Å². The monoisotopic (exact) mass is 246 g/mol. The average Bonchev–Trinajstić information content (AvgIpc) is 2.77. The molecule has 0 aromatic carbocycles. The molecule has 1 amide bonds. The van der Waals surface area contributed by atoms with Gasteiger partial charge in [-0.15, -0.1) is 11.3 Å². The minimum absolute atomic E-state index is 0.0723. The number of nitrogens with zero attached hydrogens (tertiary/aromatic N) is 1. The molecule has 0 radical (unpaired) electrons. The second kappa shape index (κ2) is 4.47. The summed E-state index contributed by atoms with van der Waals surface area (Å²) in [6.07, 6.45) is 0.924. The van der Waals surface area contributed by atoms with E-state index in [-0.39, 0.29) is 18.1 Å². The molecule has 2 atom stereocenters. The lowest BCUT2D eigenvalue weighted by Crippen LogP contribution is -2.39. The highest BCUT2D eigenvalue weighted by Crippen LogP contribution is 2.17. The Morgan fingerprint density at radius 3 is 3.13 bits per heavy atom. The number of nitrogens with one attached hydrogen (secondary N) is 1. The van der Waals surface area contributed by atoms with Gasteiger partial charge in [-0.05, 0) is 13.3 Å². The van der Waals surface area contributed by atoms with E-state index in [0.717, 1.165) is 6.42 Å². The van der Waals surface area contributed by atoms with E-state index in [4.69, 9.17) is 16.3 Å². The largest absolute Gasteiger partial charge is 0.376 e. The van der Waals surface area contributed by atoms with Gasteiger partial charge in [0.25, 0.3) is 5.91 Å². The van der Waals surface area contributed by atoms with E-state index in [0.29, 0.717) is 16.8 Å². The molecule has 1 aliphatic rings. The van der Waals surface area contributed by atoms with Crippen LogP contribution in [0.1, 0.15) is 23.8 Å². The first kappa shape index (κ1) is 10.9. The molecule has 0 aliphatic carbocycles. The number of ether oxygens (including phenoxy) is 1. The highest BCUT2D eigenvalue weighted by atomic mass is 35.5. The predicted octanol–water partition coefficient (Wildman–Crippen LogP) is 1.70. The first-order valence-corrected chi connectivity index (χ1v) is 5.96. The average molecular weight is 247 g/mol. The summed E-state index contributed by atoms with van der Waals surface area (Å²) in [7, 11) is 0. The van der Waals surface area contributed by atoms with Gasteiger partial charge in [0.05, 0.1) is 12.1 Å². The van der Waals surface area contributed by atoms with E-state index < -0.39 is 0 Å². The fourth-order valence-electron chi connectivity index (χ4n) is 1.52. The molecular formula is C9H11ClN2O2S. The van der Waals surface area contributed by atoms with Crippen LogP contribution in [0.25, 0.3) is 0 Å². The molecule has 2 unspecified atom stereocenters. The van der Waals surface area contributed by atoms with Crippen molar-refractivity contribution in [2.45, 2.75) is 25.5 Å². The van der Waals surface area contributed by atoms with Gasteiger partial charge in [-0.2, -0.15) is 0 Å². The summed E-state index contributed by atoms with van der Waals surface area (Å²) in [6.45, 7) is 2.65. The van der Waals surface area contributed by atoms with Crippen molar-refractivity contribution in [1.82, 2.24) is 10.3 Å². The van der Waals surface area contributed by atoms with E-state index in [2.05, 4.69) is 10.3 Å². The fraction of sp³-hybridized carbons (Fsp3) is 0.556. The number of carbonyl (C=O) groups excluding carboxylic acids is 1. The summed E-state index contributed by atoms with van der Waals surface area (Å²) < 4.78 is 5.73. The summed E-state index contributed by atoms with van der Waals surface area (Å²) in [6, 6.07) is 0.0815. The van der Waals surface area contributed by atoms with Crippen molar-refractivity contribution in [1.29, 1.82) is 0 Å². The molecular weight excluding hydrogens is 236 g/mol. The highest BCUT2D eigenvalue weighted by Gasteiger charge is 2.26. The molecule has 1 aromatic heterocycles. The van der Waals surface area contributed by atoms with Gasteiger partial charge < -0.3 is 10.1 Å². The number of rotatable bonds is 2. The summed E-state index contributed by atoms with van der Waals surface area (Å²) in [4.78, 5) is 15.6. The maximum absolute atomic E-state index is 11.7. The molecule has 0 bridgehead atoms. The van der Waals surface area contributed by atoms with E-state index in [1.54, 1.807) is 5.38 Å². The molecule has 82 valence electrons. The lowest BCUT2D eigenvalue weighted by atomic mass is 10.1. The van der Waals surface area contributed by atoms with Crippen LogP contribution in [0, 0.1) is 0 Å². The summed E-state index contributed by atoms with van der Waals surface area (Å²) >= 11 is 6.91. The SMILES string of the molecule is CC1OCCC1NC(=O)c1csc(Cl)n1. The summed E-state index contributed by atoms with van der Waals surface area (Å²) in [5, 5.41) is 4.53. The third-order valence-electron chi connectivity index (χ3n) is 2.40. The van der Waals surface area contributed by atoms with Crippen molar-refractivity contribution in [3.8, 4) is 0 Å². The zero-order valence-corrected chi connectivity index (χ0v) is 9.77. The van der Waals surface area contributed by atoms with Gasteiger partial charge in [0.15, 0.2) is 4.47 Å². The Balaban J connectivity index is 1.97. The highest BCUT2D eigenvalue weighted by molar-refractivity contribution is 7.14. The van der Waals surface area contributed by atoms with E-state index >= 15 is 0 Å². The number of aromatic nitrogens is 1. The fourth-order valence-corrected chi connectivity index (χ4v) is 2.26. The zero-order chi connectivity index (χ0) is 10.8. The Morgan fingerprint density at radius 1 is 1.80 bits per heavy atom. The van der Waals surface area contributed by atoms with Crippen molar-refractivity contribution in [3.63, 3.8) is 0 Å². The Hall–Kier alpha value is -0.650. The number of halogens is 1. The Morgan fingerprint density at radius 2 is 2.60 bits per heavy atom. The van der Waals surface area contributed by atoms with Crippen molar-refractivity contribution in [2.75, 3.05) is 6.61 Å². The third-order valence-corrected chi connectivity index (χ3v) is 3.38. The smallest absolute Gasteiger partial charge is 0.271 e. The first-order chi connectivity index (χ1) is 7.16. The lowest BCUT2D eigenvalue weighted by Gasteiger charge is -2.14. The van der Waals surface area contributed by atoms with E-state index in [9.17, 15) is 4.79 Å². The Bertz CT molecular complexity index is 369. The number of amides is 1. The van der Waals surface area contributed by atoms with Crippen molar-refractivity contribution in [3.05, 3.63) is 15.5 Å². The lowest BCUT2D eigenvalue weighted by molar-refractivity contribution is 0.0862. The normalized spacial score (nSPS) is 25.5. The van der Waals surface area contributed by atoms with Gasteiger partial charge in [0.2, 0.25) is 0 Å². The van der Waals surface area contributed by atoms with Gasteiger partial charge in [-0.25, -0.2) is 4.98 Å². The van der Waals surface area contributed by atoms with Crippen LogP contribution >= 0.6 is 22.9 Å². The summed E-state index contributed by atoms with van der Waals surface area (Å²) in [5.41, 5.74) is 0.379. The van der Waals surface area contributed by atoms with Crippen molar-refractivity contribution < 1.29 is 9.53 Å². The molecule has 15 heavy (non-hydrogen) atoms. The first-order valence-electron chi connectivity index (χ1n) is 4.70. The second-order valence-electron chi connectivity index (χ2n) is 3.43. The zero-order valence-electron chi connectivity index (χ0n) is 8.20. The molecule has 1 aliphatic heterocycles. The van der Waals surface area contributed by atoms with E-state index in [1.807, 2.05) is 6.92 Å². The molecule has 1 saturated heterocycles. The minimum Gasteiger partial charge on any atom is -0.376 e. The van der Waals surface area contributed by atoms with Gasteiger partial charge in [0.1, 0.15) is 5.69 Å². The van der Waals surface area contributed by atoms with Crippen LogP contribution in [0.2, 0.25) is 4.47 Å². The molecule has 4 nitrogen and oxygen atoms in total. The van der Waals surface area contributed by atoms with Crippen molar-refractivity contribution in [2.24, 2.45) is 0 Å². The Kier molecular flexibility index (Phi) is 3.23. The van der Waals surface area contributed by atoms with Crippen LogP contribution < -0.4 is 5.32 Å². The molecule has 0 spiro atoms. The summed E-state index contributed by atoms with van der Waals surface area (Å²) in [5.74, 6) is -0.180. The molecule has 1 N–H and O–H groups in total. The molecule has 2 heterocycles. The predicted molar refractivity (Wildman–Crippen MR) is 58.4 cm³/mol. The van der Waals surface area contributed by atoms with Crippen LogP contribution in [-0.2, 0) is 4.74 Å². The molecule has 1 fully saturated rings. The topological polar surface area (TPSA) is 51.2 Å². The maximum Gasteiger partial charge on any atom is 0.271 e. The standard InChI is InChI=1S/C9H11ClN2O2S/c1-5-6(2-3-14-5)11-8(13)7-4-15-9(10)12-7/h4-6H,2-3H2,1H3,(H,11,13). The van der Waals surface area contributed by atoms with E-state index in [1.165, 1.54) is 11.3 Å². The van der Waals surface area contributed by atoms with Crippen LogP contribution in [0.4, 0.5) is 0 Å². The van der Waals surface area contributed by atoms with Gasteiger partial charge in [-0.1, -0.05) is 11.6 Å². The third kappa shape index (κ3) is 2.48. The number of carbonyl (C=O) groups is 1. The van der Waals surface area contributed by atoms with Crippen LogP contribution in [-0.4, -0.2) is 29.6 Å².